The number of aryl methyl sites for hydroxylation is 2. The first-order valence-corrected chi connectivity index (χ1v) is 13.3. The molecule has 1 N–H and O–H groups in total. The predicted octanol–water partition coefficient (Wildman–Crippen LogP) is 3.38. The summed E-state index contributed by atoms with van der Waals surface area (Å²) in [4.78, 5) is 19.3. The third-order valence-corrected chi connectivity index (χ3v) is 8.62. The zero-order valence-electron chi connectivity index (χ0n) is 19.4. The number of ether oxygens (including phenoxy) is 1. The highest BCUT2D eigenvalue weighted by atomic mass is 32.2. The number of carbonyl (C=O) groups is 1. The summed E-state index contributed by atoms with van der Waals surface area (Å²) >= 11 is 1.39. The SMILES string of the molecule is COc1ccc(S(=O)(=O)N2CCN(CC(=O)Nc3nc(-c4ccc(C)c(C)c4)cs3)CC2)cc1. The minimum atomic E-state index is -3.57. The second kappa shape index (κ2) is 10.2. The van der Waals surface area contributed by atoms with Gasteiger partial charge in [-0.05, 0) is 55.3 Å². The first-order valence-electron chi connectivity index (χ1n) is 11.0. The van der Waals surface area contributed by atoms with E-state index in [1.54, 1.807) is 24.3 Å². The number of carbonyl (C=O) groups excluding carboxylic acids is 1. The van der Waals surface area contributed by atoms with Crippen LogP contribution in [0.3, 0.4) is 0 Å². The van der Waals surface area contributed by atoms with Crippen LogP contribution in [-0.2, 0) is 14.8 Å². The molecule has 4 rings (SSSR count). The fourth-order valence-corrected chi connectivity index (χ4v) is 5.91. The number of hydrogen-bond acceptors (Lipinski definition) is 7. The van der Waals surface area contributed by atoms with Crippen LogP contribution in [0, 0.1) is 13.8 Å². The monoisotopic (exact) mass is 500 g/mol. The van der Waals surface area contributed by atoms with Gasteiger partial charge in [0.05, 0.1) is 24.2 Å². The number of nitrogens with one attached hydrogen (secondary N) is 1. The Morgan fingerprint density at radius 3 is 2.41 bits per heavy atom. The van der Waals surface area contributed by atoms with Crippen LogP contribution >= 0.6 is 11.3 Å². The molecule has 3 aromatic rings. The van der Waals surface area contributed by atoms with Crippen LogP contribution in [0.5, 0.6) is 5.75 Å². The second-order valence-electron chi connectivity index (χ2n) is 8.24. The molecule has 8 nitrogen and oxygen atoms in total. The third-order valence-electron chi connectivity index (χ3n) is 5.95. The van der Waals surface area contributed by atoms with E-state index in [1.165, 1.54) is 33.9 Å². The van der Waals surface area contributed by atoms with Crippen molar-refractivity contribution in [2.45, 2.75) is 18.7 Å². The van der Waals surface area contributed by atoms with E-state index in [2.05, 4.69) is 36.3 Å². The first-order chi connectivity index (χ1) is 16.3. The Morgan fingerprint density at radius 1 is 1.06 bits per heavy atom. The summed E-state index contributed by atoms with van der Waals surface area (Å²) in [5, 5.41) is 5.35. The summed E-state index contributed by atoms with van der Waals surface area (Å²) in [6.45, 7) is 5.94. The second-order valence-corrected chi connectivity index (χ2v) is 11.0. The van der Waals surface area contributed by atoms with Crippen molar-refractivity contribution in [1.29, 1.82) is 0 Å². The van der Waals surface area contributed by atoms with E-state index in [4.69, 9.17) is 4.74 Å². The molecule has 34 heavy (non-hydrogen) atoms. The van der Waals surface area contributed by atoms with Crippen molar-refractivity contribution in [3.63, 3.8) is 0 Å². The van der Waals surface area contributed by atoms with Gasteiger partial charge in [0.2, 0.25) is 15.9 Å². The number of thiazole rings is 1. The van der Waals surface area contributed by atoms with E-state index in [-0.39, 0.29) is 17.3 Å². The number of nitrogens with zero attached hydrogens (tertiary/aromatic N) is 3. The van der Waals surface area contributed by atoms with Crippen LogP contribution in [0.1, 0.15) is 11.1 Å². The number of sulfonamides is 1. The van der Waals surface area contributed by atoms with Gasteiger partial charge in [-0.25, -0.2) is 13.4 Å². The summed E-state index contributed by atoms with van der Waals surface area (Å²) in [6.07, 6.45) is 0. The topological polar surface area (TPSA) is 91.8 Å². The van der Waals surface area contributed by atoms with Gasteiger partial charge in [-0.2, -0.15) is 4.31 Å². The van der Waals surface area contributed by atoms with Crippen molar-refractivity contribution in [3.05, 3.63) is 59.0 Å². The number of aromatic nitrogens is 1. The number of methoxy groups -OCH3 is 1. The van der Waals surface area contributed by atoms with Gasteiger partial charge >= 0.3 is 0 Å². The Hall–Kier alpha value is -2.79. The molecule has 0 bridgehead atoms. The Bertz CT molecular complexity index is 1260. The number of piperazine rings is 1. The Labute approximate surface area is 204 Å². The van der Waals surface area contributed by atoms with Crippen molar-refractivity contribution in [3.8, 4) is 17.0 Å². The maximum atomic E-state index is 12.9. The van der Waals surface area contributed by atoms with E-state index in [0.29, 0.717) is 37.1 Å². The van der Waals surface area contributed by atoms with Crippen molar-refractivity contribution < 1.29 is 17.9 Å². The van der Waals surface area contributed by atoms with Crippen LogP contribution in [0.4, 0.5) is 5.13 Å². The third kappa shape index (κ3) is 5.47. The van der Waals surface area contributed by atoms with Gasteiger partial charge in [-0.3, -0.25) is 9.69 Å². The quantitative estimate of drug-likeness (QED) is 0.535. The summed E-state index contributed by atoms with van der Waals surface area (Å²) < 4.78 is 32.3. The summed E-state index contributed by atoms with van der Waals surface area (Å²) in [5.74, 6) is 0.448. The van der Waals surface area contributed by atoms with Crippen LogP contribution in [0.15, 0.2) is 52.7 Å². The molecule has 0 radical (unpaired) electrons. The smallest absolute Gasteiger partial charge is 0.243 e. The molecule has 0 aliphatic carbocycles. The molecule has 1 aliphatic heterocycles. The van der Waals surface area contributed by atoms with Gasteiger partial charge in [0, 0.05) is 37.1 Å². The number of benzene rings is 2. The molecule has 1 amide bonds. The number of hydrogen-bond donors (Lipinski definition) is 1. The first kappa shape index (κ1) is 24.3. The van der Waals surface area contributed by atoms with Crippen LogP contribution in [0.25, 0.3) is 11.3 Å². The normalized spacial score (nSPS) is 15.3. The number of rotatable bonds is 7. The average Bonchev–Trinajstić information content (AvgIpc) is 3.29. The molecular weight excluding hydrogens is 472 g/mol. The molecule has 10 heteroatoms. The van der Waals surface area contributed by atoms with Crippen LogP contribution < -0.4 is 10.1 Å². The standard InChI is InChI=1S/C24H28N4O4S2/c1-17-4-5-19(14-18(17)2)22-16-33-24(25-22)26-23(29)15-27-10-12-28(13-11-27)34(30,31)21-8-6-20(32-3)7-9-21/h4-9,14,16H,10-13,15H2,1-3H3,(H,25,26,29). The lowest BCUT2D eigenvalue weighted by atomic mass is 10.1. The number of amides is 1. The highest BCUT2D eigenvalue weighted by molar-refractivity contribution is 7.89. The maximum Gasteiger partial charge on any atom is 0.243 e. The van der Waals surface area contributed by atoms with Crippen LogP contribution in [-0.4, -0.2) is 68.3 Å². The summed E-state index contributed by atoms with van der Waals surface area (Å²) in [5.41, 5.74) is 4.28. The lowest BCUT2D eigenvalue weighted by Gasteiger charge is -2.33. The Morgan fingerprint density at radius 2 is 1.76 bits per heavy atom. The zero-order valence-corrected chi connectivity index (χ0v) is 21.1. The lowest BCUT2D eigenvalue weighted by Crippen LogP contribution is -2.50. The Balaban J connectivity index is 1.30. The largest absolute Gasteiger partial charge is 0.497 e. The fraction of sp³-hybridized carbons (Fsp3) is 0.333. The minimum Gasteiger partial charge on any atom is -0.497 e. The fourth-order valence-electron chi connectivity index (χ4n) is 3.75. The van der Waals surface area contributed by atoms with E-state index in [1.807, 2.05) is 16.3 Å². The molecule has 1 saturated heterocycles. The van der Waals surface area contributed by atoms with Crippen molar-refractivity contribution in [2.24, 2.45) is 0 Å². The van der Waals surface area contributed by atoms with E-state index < -0.39 is 10.0 Å². The molecule has 2 heterocycles. The highest BCUT2D eigenvalue weighted by Crippen LogP contribution is 2.26. The highest BCUT2D eigenvalue weighted by Gasteiger charge is 2.29. The van der Waals surface area contributed by atoms with Gasteiger partial charge in [-0.1, -0.05) is 12.1 Å². The molecule has 1 fully saturated rings. The zero-order chi connectivity index (χ0) is 24.3. The van der Waals surface area contributed by atoms with Gasteiger partial charge in [0.1, 0.15) is 5.75 Å². The van der Waals surface area contributed by atoms with Gasteiger partial charge in [-0.15, -0.1) is 11.3 Å². The molecular formula is C24H28N4O4S2. The summed E-state index contributed by atoms with van der Waals surface area (Å²) in [6, 6.07) is 12.6. The van der Waals surface area contributed by atoms with Crippen molar-refractivity contribution in [2.75, 3.05) is 45.2 Å². The molecule has 0 unspecified atom stereocenters. The van der Waals surface area contributed by atoms with Crippen molar-refractivity contribution in [1.82, 2.24) is 14.2 Å². The maximum absolute atomic E-state index is 12.9. The molecule has 180 valence electrons. The van der Waals surface area contributed by atoms with E-state index >= 15 is 0 Å². The molecule has 0 spiro atoms. The number of anilines is 1. The molecule has 0 saturated carbocycles. The van der Waals surface area contributed by atoms with Crippen LogP contribution in [0.2, 0.25) is 0 Å². The van der Waals surface area contributed by atoms with Gasteiger partial charge in [0.15, 0.2) is 5.13 Å². The predicted molar refractivity (Wildman–Crippen MR) is 134 cm³/mol. The Kier molecular flexibility index (Phi) is 7.32. The van der Waals surface area contributed by atoms with E-state index in [0.717, 1.165) is 11.3 Å². The molecule has 1 aliphatic rings. The van der Waals surface area contributed by atoms with Gasteiger partial charge in [0.25, 0.3) is 0 Å². The van der Waals surface area contributed by atoms with Gasteiger partial charge < -0.3 is 10.1 Å². The van der Waals surface area contributed by atoms with Crippen molar-refractivity contribution >= 4 is 32.4 Å². The molecule has 1 aromatic heterocycles. The molecule has 2 aromatic carbocycles. The molecule has 0 atom stereocenters. The summed E-state index contributed by atoms with van der Waals surface area (Å²) in [7, 11) is -2.04. The average molecular weight is 501 g/mol. The minimum absolute atomic E-state index is 0.160. The lowest BCUT2D eigenvalue weighted by molar-refractivity contribution is -0.117. The van der Waals surface area contributed by atoms with E-state index in [9.17, 15) is 13.2 Å².